The number of rotatable bonds is 3. The first kappa shape index (κ1) is 14.1. The van der Waals surface area contributed by atoms with E-state index in [0.717, 1.165) is 29.7 Å². The predicted octanol–water partition coefficient (Wildman–Crippen LogP) is 5.08. The van der Waals surface area contributed by atoms with Crippen LogP contribution in [0, 0.1) is 0 Å². The van der Waals surface area contributed by atoms with Crippen molar-refractivity contribution in [2.75, 3.05) is 6.61 Å². The molecule has 1 aromatic heterocycles. The zero-order valence-corrected chi connectivity index (χ0v) is 13.8. The van der Waals surface area contributed by atoms with E-state index >= 15 is 0 Å². The molecule has 1 N–H and O–H groups in total. The zero-order chi connectivity index (χ0) is 13.9. The Labute approximate surface area is 132 Å². The van der Waals surface area contributed by atoms with Crippen molar-refractivity contribution in [2.24, 2.45) is 0 Å². The summed E-state index contributed by atoms with van der Waals surface area (Å²) in [6.45, 7) is 3.03. The van der Waals surface area contributed by atoms with Crippen LogP contribution in [0.1, 0.15) is 42.3 Å². The number of ether oxygens (including phenoxy) is 1. The van der Waals surface area contributed by atoms with E-state index in [9.17, 15) is 0 Å². The van der Waals surface area contributed by atoms with Crippen molar-refractivity contribution in [2.45, 2.75) is 31.8 Å². The van der Waals surface area contributed by atoms with Gasteiger partial charge >= 0.3 is 0 Å². The SMILES string of the molecule is C[C@H](NC1CCCOc2cc(Br)ccc21)c1cccs1. The summed E-state index contributed by atoms with van der Waals surface area (Å²) in [7, 11) is 0. The van der Waals surface area contributed by atoms with E-state index in [0.29, 0.717) is 12.1 Å². The molecule has 1 aromatic carbocycles. The Hall–Kier alpha value is -0.840. The average molecular weight is 352 g/mol. The van der Waals surface area contributed by atoms with Crippen molar-refractivity contribution in [3.8, 4) is 5.75 Å². The Kier molecular flexibility index (Phi) is 4.44. The first-order valence-electron chi connectivity index (χ1n) is 6.96. The molecule has 1 aliphatic rings. The van der Waals surface area contributed by atoms with E-state index in [2.05, 4.69) is 63.9 Å². The molecule has 0 fully saturated rings. The van der Waals surface area contributed by atoms with Crippen molar-refractivity contribution in [1.29, 1.82) is 0 Å². The van der Waals surface area contributed by atoms with Crippen molar-refractivity contribution in [1.82, 2.24) is 5.32 Å². The summed E-state index contributed by atoms with van der Waals surface area (Å²) in [5.41, 5.74) is 1.27. The van der Waals surface area contributed by atoms with Gasteiger partial charge in [-0.15, -0.1) is 11.3 Å². The van der Waals surface area contributed by atoms with Gasteiger partial charge in [0.25, 0.3) is 0 Å². The molecule has 0 spiro atoms. The van der Waals surface area contributed by atoms with Crippen LogP contribution in [0.2, 0.25) is 0 Å². The van der Waals surface area contributed by atoms with Gasteiger partial charge in [-0.3, -0.25) is 0 Å². The summed E-state index contributed by atoms with van der Waals surface area (Å²) < 4.78 is 6.94. The third-order valence-corrected chi connectivity index (χ3v) is 5.22. The maximum absolute atomic E-state index is 5.86. The number of benzene rings is 1. The lowest BCUT2D eigenvalue weighted by Gasteiger charge is -2.22. The maximum Gasteiger partial charge on any atom is 0.125 e. The normalized spacial score (nSPS) is 19.8. The van der Waals surface area contributed by atoms with Crippen LogP contribution in [0.4, 0.5) is 0 Å². The standard InChI is InChI=1S/C16H18BrNOS/c1-11(16-5-3-9-20-16)18-14-4-2-8-19-15-10-12(17)6-7-13(14)15/h3,5-7,9-11,14,18H,2,4,8H2,1H3/t11-,14?/m0/s1. The third kappa shape index (κ3) is 3.08. The van der Waals surface area contributed by atoms with Gasteiger partial charge in [-0.2, -0.15) is 0 Å². The van der Waals surface area contributed by atoms with Crippen LogP contribution in [-0.4, -0.2) is 6.61 Å². The number of thiophene rings is 1. The molecule has 2 nitrogen and oxygen atoms in total. The van der Waals surface area contributed by atoms with Gasteiger partial charge in [-0.25, -0.2) is 0 Å². The van der Waals surface area contributed by atoms with Crippen molar-refractivity contribution in [3.05, 3.63) is 50.6 Å². The molecule has 1 aliphatic heterocycles. The van der Waals surface area contributed by atoms with E-state index in [1.54, 1.807) is 0 Å². The maximum atomic E-state index is 5.86. The molecule has 1 unspecified atom stereocenters. The van der Waals surface area contributed by atoms with Gasteiger partial charge in [-0.1, -0.05) is 28.1 Å². The van der Waals surface area contributed by atoms with Crippen LogP contribution in [0.5, 0.6) is 5.75 Å². The number of nitrogens with one attached hydrogen (secondary N) is 1. The van der Waals surface area contributed by atoms with Crippen LogP contribution >= 0.6 is 27.3 Å². The summed E-state index contributed by atoms with van der Waals surface area (Å²) in [5.74, 6) is 1.01. The average Bonchev–Trinajstić information content (AvgIpc) is 2.90. The van der Waals surface area contributed by atoms with Gasteiger partial charge < -0.3 is 10.1 Å². The number of hydrogen-bond donors (Lipinski definition) is 1. The highest BCUT2D eigenvalue weighted by Gasteiger charge is 2.22. The zero-order valence-electron chi connectivity index (χ0n) is 11.4. The lowest BCUT2D eigenvalue weighted by molar-refractivity contribution is 0.314. The second-order valence-electron chi connectivity index (χ2n) is 5.13. The lowest BCUT2D eigenvalue weighted by Crippen LogP contribution is -2.23. The minimum atomic E-state index is 0.359. The van der Waals surface area contributed by atoms with Gasteiger partial charge in [-0.05, 0) is 43.3 Å². The minimum absolute atomic E-state index is 0.359. The second kappa shape index (κ2) is 6.29. The molecule has 0 bridgehead atoms. The molecular formula is C16H18BrNOS. The molecule has 3 rings (SSSR count). The largest absolute Gasteiger partial charge is 0.493 e. The molecule has 0 amide bonds. The van der Waals surface area contributed by atoms with E-state index in [1.807, 2.05) is 11.3 Å². The molecule has 0 radical (unpaired) electrons. The van der Waals surface area contributed by atoms with Gasteiger partial charge in [0, 0.05) is 27.0 Å². The molecule has 2 heterocycles. The topological polar surface area (TPSA) is 21.3 Å². The number of hydrogen-bond acceptors (Lipinski definition) is 3. The Morgan fingerprint density at radius 1 is 1.40 bits per heavy atom. The van der Waals surface area contributed by atoms with E-state index < -0.39 is 0 Å². The number of halogens is 1. The van der Waals surface area contributed by atoms with E-state index in [4.69, 9.17) is 4.74 Å². The van der Waals surface area contributed by atoms with Crippen LogP contribution in [0.15, 0.2) is 40.2 Å². The molecule has 106 valence electrons. The highest BCUT2D eigenvalue weighted by Crippen LogP contribution is 2.35. The number of fused-ring (bicyclic) bond motifs is 1. The van der Waals surface area contributed by atoms with Crippen molar-refractivity contribution >= 4 is 27.3 Å². The van der Waals surface area contributed by atoms with E-state index in [1.165, 1.54) is 10.4 Å². The first-order valence-corrected chi connectivity index (χ1v) is 8.63. The molecular weight excluding hydrogens is 334 g/mol. The molecule has 2 aromatic rings. The van der Waals surface area contributed by atoms with Crippen molar-refractivity contribution < 1.29 is 4.74 Å². The Balaban J connectivity index is 1.83. The molecule has 20 heavy (non-hydrogen) atoms. The third-order valence-electron chi connectivity index (χ3n) is 3.67. The highest BCUT2D eigenvalue weighted by molar-refractivity contribution is 9.10. The van der Waals surface area contributed by atoms with Gasteiger partial charge in [0.05, 0.1) is 6.61 Å². The van der Waals surface area contributed by atoms with E-state index in [-0.39, 0.29) is 0 Å². The fourth-order valence-electron chi connectivity index (χ4n) is 2.64. The van der Waals surface area contributed by atoms with Crippen LogP contribution in [0.25, 0.3) is 0 Å². The summed E-state index contributed by atoms with van der Waals surface area (Å²) in [6.07, 6.45) is 2.20. The Bertz CT molecular complexity index is 570. The quantitative estimate of drug-likeness (QED) is 0.832. The van der Waals surface area contributed by atoms with Crippen LogP contribution in [-0.2, 0) is 0 Å². The molecule has 4 heteroatoms. The summed E-state index contributed by atoms with van der Waals surface area (Å²) in [6, 6.07) is 11.4. The smallest absolute Gasteiger partial charge is 0.125 e. The summed E-state index contributed by atoms with van der Waals surface area (Å²) in [4.78, 5) is 1.38. The van der Waals surface area contributed by atoms with Gasteiger partial charge in [0.2, 0.25) is 0 Å². The summed E-state index contributed by atoms with van der Waals surface area (Å²) in [5, 5.41) is 5.89. The van der Waals surface area contributed by atoms with Crippen LogP contribution in [0.3, 0.4) is 0 Å². The fraction of sp³-hybridized carbons (Fsp3) is 0.375. The Morgan fingerprint density at radius 3 is 3.10 bits per heavy atom. The summed E-state index contributed by atoms with van der Waals surface area (Å²) >= 11 is 5.33. The lowest BCUT2D eigenvalue weighted by atomic mass is 10.0. The molecule has 0 saturated heterocycles. The molecule has 0 saturated carbocycles. The van der Waals surface area contributed by atoms with Gasteiger partial charge in [0.1, 0.15) is 5.75 Å². The predicted molar refractivity (Wildman–Crippen MR) is 87.5 cm³/mol. The fourth-order valence-corrected chi connectivity index (χ4v) is 3.72. The minimum Gasteiger partial charge on any atom is -0.493 e. The molecule has 2 atom stereocenters. The highest BCUT2D eigenvalue weighted by atomic mass is 79.9. The van der Waals surface area contributed by atoms with Crippen LogP contribution < -0.4 is 10.1 Å². The van der Waals surface area contributed by atoms with Crippen molar-refractivity contribution in [3.63, 3.8) is 0 Å². The van der Waals surface area contributed by atoms with Gasteiger partial charge in [0.15, 0.2) is 0 Å². The first-order chi connectivity index (χ1) is 9.74. The second-order valence-corrected chi connectivity index (χ2v) is 7.02. The monoisotopic (exact) mass is 351 g/mol. The Morgan fingerprint density at radius 2 is 2.30 bits per heavy atom. The molecule has 0 aliphatic carbocycles.